The van der Waals surface area contributed by atoms with Gasteiger partial charge in [0.05, 0.1) is 11.9 Å². The van der Waals surface area contributed by atoms with E-state index in [1.54, 1.807) is 10.9 Å². The van der Waals surface area contributed by atoms with E-state index in [2.05, 4.69) is 15.1 Å². The Hall–Kier alpha value is -3.21. The van der Waals surface area contributed by atoms with Crippen molar-refractivity contribution < 1.29 is 0 Å². The second-order valence-electron chi connectivity index (χ2n) is 5.30. The molecule has 1 N–H and O–H groups in total. The van der Waals surface area contributed by atoms with Crippen molar-refractivity contribution in [2.75, 3.05) is 0 Å². The van der Waals surface area contributed by atoms with Crippen LogP contribution in [0.3, 0.4) is 0 Å². The van der Waals surface area contributed by atoms with Crippen molar-refractivity contribution >= 4 is 11.0 Å². The first-order chi connectivity index (χ1) is 11.3. The molecule has 0 fully saturated rings. The lowest BCUT2D eigenvalue weighted by atomic mass is 10.1. The van der Waals surface area contributed by atoms with Crippen molar-refractivity contribution in [3.8, 4) is 5.69 Å². The van der Waals surface area contributed by atoms with Gasteiger partial charge in [-0.1, -0.05) is 48.5 Å². The Morgan fingerprint density at radius 3 is 2.39 bits per heavy atom. The molecule has 0 amide bonds. The van der Waals surface area contributed by atoms with Crippen molar-refractivity contribution in [1.82, 2.24) is 19.7 Å². The van der Waals surface area contributed by atoms with Gasteiger partial charge in [-0.3, -0.25) is 4.79 Å². The van der Waals surface area contributed by atoms with E-state index in [-0.39, 0.29) is 5.56 Å². The predicted molar refractivity (Wildman–Crippen MR) is 88.7 cm³/mol. The van der Waals surface area contributed by atoms with Crippen LogP contribution >= 0.6 is 0 Å². The summed E-state index contributed by atoms with van der Waals surface area (Å²) in [7, 11) is 0. The normalized spacial score (nSPS) is 11.0. The largest absolute Gasteiger partial charge is 0.310 e. The number of fused-ring (bicyclic) bond motifs is 1. The number of aromatic nitrogens is 4. The van der Waals surface area contributed by atoms with Crippen LogP contribution in [0.25, 0.3) is 16.7 Å². The Kier molecular flexibility index (Phi) is 3.24. The quantitative estimate of drug-likeness (QED) is 0.633. The van der Waals surface area contributed by atoms with Crippen LogP contribution < -0.4 is 5.56 Å². The Balaban J connectivity index is 1.84. The molecule has 0 atom stereocenters. The minimum Gasteiger partial charge on any atom is -0.310 e. The van der Waals surface area contributed by atoms with Crippen molar-refractivity contribution in [1.29, 1.82) is 0 Å². The number of nitrogens with one attached hydrogen (secondary N) is 1. The number of hydrogen-bond acceptors (Lipinski definition) is 3. The minimum absolute atomic E-state index is 0.164. The number of hydrogen-bond donors (Lipinski definition) is 1. The summed E-state index contributed by atoms with van der Waals surface area (Å²) < 4.78 is 1.69. The zero-order valence-corrected chi connectivity index (χ0v) is 12.3. The average molecular weight is 302 g/mol. The zero-order valence-electron chi connectivity index (χ0n) is 12.3. The average Bonchev–Trinajstić information content (AvgIpc) is 3.01. The summed E-state index contributed by atoms with van der Waals surface area (Å²) in [6, 6.07) is 19.6. The Labute approximate surface area is 132 Å². The van der Waals surface area contributed by atoms with E-state index in [4.69, 9.17) is 0 Å². The molecule has 0 saturated heterocycles. The summed E-state index contributed by atoms with van der Waals surface area (Å²) >= 11 is 0. The van der Waals surface area contributed by atoms with Crippen LogP contribution in [0.15, 0.2) is 71.7 Å². The van der Waals surface area contributed by atoms with Gasteiger partial charge in [0.25, 0.3) is 5.56 Å². The van der Waals surface area contributed by atoms with E-state index in [1.807, 2.05) is 60.7 Å². The van der Waals surface area contributed by atoms with Gasteiger partial charge >= 0.3 is 0 Å². The first-order valence-electron chi connectivity index (χ1n) is 7.37. The van der Waals surface area contributed by atoms with Crippen molar-refractivity contribution in [3.05, 3.63) is 88.6 Å². The van der Waals surface area contributed by atoms with Crippen LogP contribution in [0.5, 0.6) is 0 Å². The number of H-pyrrole nitrogens is 1. The first kappa shape index (κ1) is 13.5. The molecule has 112 valence electrons. The lowest BCUT2D eigenvalue weighted by Crippen LogP contribution is -2.12. The molecule has 0 aliphatic carbocycles. The molecule has 4 aromatic rings. The van der Waals surface area contributed by atoms with Crippen LogP contribution in [0.1, 0.15) is 11.4 Å². The van der Waals surface area contributed by atoms with Crippen molar-refractivity contribution in [2.24, 2.45) is 0 Å². The van der Waals surface area contributed by atoms with Crippen LogP contribution in [0.4, 0.5) is 0 Å². The lowest BCUT2D eigenvalue weighted by Gasteiger charge is -2.04. The van der Waals surface area contributed by atoms with Crippen LogP contribution in [0.2, 0.25) is 0 Å². The Morgan fingerprint density at radius 1 is 0.957 bits per heavy atom. The summed E-state index contributed by atoms with van der Waals surface area (Å²) in [4.78, 5) is 19.7. The summed E-state index contributed by atoms with van der Waals surface area (Å²) in [5.74, 6) is 0.631. The second kappa shape index (κ2) is 5.53. The fourth-order valence-corrected chi connectivity index (χ4v) is 2.59. The lowest BCUT2D eigenvalue weighted by molar-refractivity contribution is 0.879. The van der Waals surface area contributed by atoms with E-state index >= 15 is 0 Å². The van der Waals surface area contributed by atoms with Gasteiger partial charge in [0.2, 0.25) is 0 Å². The van der Waals surface area contributed by atoms with Gasteiger partial charge in [0.1, 0.15) is 11.2 Å². The molecule has 23 heavy (non-hydrogen) atoms. The molecule has 0 bridgehead atoms. The Morgan fingerprint density at radius 2 is 1.65 bits per heavy atom. The van der Waals surface area contributed by atoms with Gasteiger partial charge in [-0.2, -0.15) is 5.10 Å². The fourth-order valence-electron chi connectivity index (χ4n) is 2.59. The van der Waals surface area contributed by atoms with Gasteiger partial charge in [0.15, 0.2) is 5.65 Å². The summed E-state index contributed by atoms with van der Waals surface area (Å²) in [6.07, 6.45) is 2.13. The van der Waals surface area contributed by atoms with Crippen LogP contribution in [-0.4, -0.2) is 19.7 Å². The third-order valence-corrected chi connectivity index (χ3v) is 3.70. The van der Waals surface area contributed by atoms with Gasteiger partial charge < -0.3 is 4.98 Å². The fraction of sp³-hybridized carbons (Fsp3) is 0.0556. The molecule has 2 aromatic carbocycles. The Bertz CT molecular complexity index is 1000. The highest BCUT2D eigenvalue weighted by atomic mass is 16.1. The molecular formula is C18H14N4O. The SMILES string of the molecule is O=c1[nH]c(Cc2ccccc2)nc2c1cnn2-c1ccccc1. The summed E-state index contributed by atoms with van der Waals surface area (Å²) in [5.41, 5.74) is 2.39. The number of nitrogens with zero attached hydrogens (tertiary/aromatic N) is 3. The second-order valence-corrected chi connectivity index (χ2v) is 5.30. The van der Waals surface area contributed by atoms with E-state index in [9.17, 15) is 4.79 Å². The van der Waals surface area contributed by atoms with Gasteiger partial charge in [0, 0.05) is 6.42 Å². The highest BCUT2D eigenvalue weighted by Crippen LogP contribution is 2.14. The predicted octanol–water partition coefficient (Wildman–Crippen LogP) is 2.70. The van der Waals surface area contributed by atoms with E-state index in [1.165, 1.54) is 0 Å². The molecule has 0 unspecified atom stereocenters. The molecule has 0 aliphatic rings. The van der Waals surface area contributed by atoms with Gasteiger partial charge in [-0.25, -0.2) is 9.67 Å². The molecule has 0 aliphatic heterocycles. The molecule has 0 radical (unpaired) electrons. The number of benzene rings is 2. The summed E-state index contributed by atoms with van der Waals surface area (Å²) in [6.45, 7) is 0. The third kappa shape index (κ3) is 2.53. The van der Waals surface area contributed by atoms with Crippen molar-refractivity contribution in [3.63, 3.8) is 0 Å². The van der Waals surface area contributed by atoms with Gasteiger partial charge in [-0.05, 0) is 17.7 Å². The number of para-hydroxylation sites is 1. The zero-order chi connectivity index (χ0) is 15.6. The standard InChI is InChI=1S/C18H14N4O/c23-18-15-12-19-22(14-9-5-2-6-10-14)17(15)20-16(21-18)11-13-7-3-1-4-8-13/h1-10,12H,11H2,(H,20,21,23). The molecule has 0 spiro atoms. The molecule has 2 aromatic heterocycles. The number of rotatable bonds is 3. The molecule has 2 heterocycles. The maximum atomic E-state index is 12.3. The molecule has 5 nitrogen and oxygen atoms in total. The molecule has 0 saturated carbocycles. The highest BCUT2D eigenvalue weighted by Gasteiger charge is 2.11. The highest BCUT2D eigenvalue weighted by molar-refractivity contribution is 5.75. The van der Waals surface area contributed by atoms with Gasteiger partial charge in [-0.15, -0.1) is 0 Å². The smallest absolute Gasteiger partial charge is 0.262 e. The minimum atomic E-state index is -0.164. The van der Waals surface area contributed by atoms with Crippen LogP contribution in [0, 0.1) is 0 Å². The monoisotopic (exact) mass is 302 g/mol. The first-order valence-corrected chi connectivity index (χ1v) is 7.37. The molecule has 4 rings (SSSR count). The maximum absolute atomic E-state index is 12.3. The van der Waals surface area contributed by atoms with Crippen molar-refractivity contribution in [2.45, 2.75) is 6.42 Å². The van der Waals surface area contributed by atoms with E-state index in [0.29, 0.717) is 23.3 Å². The summed E-state index contributed by atoms with van der Waals surface area (Å²) in [5, 5.41) is 4.80. The van der Waals surface area contributed by atoms with E-state index in [0.717, 1.165) is 11.3 Å². The third-order valence-electron chi connectivity index (χ3n) is 3.70. The van der Waals surface area contributed by atoms with E-state index < -0.39 is 0 Å². The topological polar surface area (TPSA) is 63.6 Å². The molecular weight excluding hydrogens is 288 g/mol. The van der Waals surface area contributed by atoms with Crippen LogP contribution in [-0.2, 0) is 6.42 Å². The molecule has 5 heteroatoms. The maximum Gasteiger partial charge on any atom is 0.262 e. The number of aromatic amines is 1.